The van der Waals surface area contributed by atoms with Crippen LogP contribution in [0.25, 0.3) is 16.2 Å². The van der Waals surface area contributed by atoms with Crippen LogP contribution in [0, 0.1) is 6.92 Å². The van der Waals surface area contributed by atoms with Crippen LogP contribution in [0.5, 0.6) is 5.75 Å². The molecule has 3 aromatic rings. The van der Waals surface area contributed by atoms with Gasteiger partial charge in [0, 0.05) is 11.3 Å². The molecule has 5 nitrogen and oxygen atoms in total. The Morgan fingerprint density at radius 1 is 1.31 bits per heavy atom. The number of halogens is 3. The molecule has 0 spiro atoms. The van der Waals surface area contributed by atoms with Gasteiger partial charge in [-0.05, 0) is 37.6 Å². The van der Waals surface area contributed by atoms with Crippen LogP contribution < -0.4 is 4.74 Å². The molecular formula is C17H15F3N2O3S. The first-order valence-corrected chi connectivity index (χ1v) is 8.61. The number of carbonyl (C=O) groups is 1. The molecule has 138 valence electrons. The number of hydrogen-bond donors (Lipinski definition) is 1. The van der Waals surface area contributed by atoms with Gasteiger partial charge < -0.3 is 9.84 Å². The van der Waals surface area contributed by atoms with Crippen molar-refractivity contribution in [1.29, 1.82) is 0 Å². The summed E-state index contributed by atoms with van der Waals surface area (Å²) in [4.78, 5) is 14.6. The Bertz CT molecular complexity index is 958. The Hall–Kier alpha value is -2.55. The van der Waals surface area contributed by atoms with Crippen molar-refractivity contribution in [2.45, 2.75) is 26.4 Å². The minimum absolute atomic E-state index is 0.00599. The number of ether oxygens (including phenoxy) is 1. The maximum atomic E-state index is 13.4. The maximum Gasteiger partial charge on any atom is 0.433 e. The van der Waals surface area contributed by atoms with Gasteiger partial charge in [0.15, 0.2) is 10.7 Å². The van der Waals surface area contributed by atoms with Crippen LogP contribution in [0.2, 0.25) is 0 Å². The van der Waals surface area contributed by atoms with Crippen LogP contribution in [0.15, 0.2) is 24.3 Å². The third-order valence-corrected chi connectivity index (χ3v) is 4.80. The molecule has 2 aromatic heterocycles. The molecule has 1 N–H and O–H groups in total. The van der Waals surface area contributed by atoms with E-state index in [1.807, 2.05) is 6.92 Å². The van der Waals surface area contributed by atoms with E-state index in [4.69, 9.17) is 9.84 Å². The summed E-state index contributed by atoms with van der Waals surface area (Å²) in [6.07, 6.45) is -3.93. The minimum atomic E-state index is -4.80. The molecule has 0 radical (unpaired) electrons. The molecule has 3 rings (SSSR count). The summed E-state index contributed by atoms with van der Waals surface area (Å²) in [5.41, 5.74) is 0.0374. The molecule has 0 atom stereocenters. The normalized spacial score (nSPS) is 11.9. The van der Waals surface area contributed by atoms with Crippen molar-refractivity contribution in [2.75, 3.05) is 6.61 Å². The smallest absolute Gasteiger partial charge is 0.433 e. The average molecular weight is 384 g/mol. The molecule has 26 heavy (non-hydrogen) atoms. The number of benzene rings is 1. The second kappa shape index (κ2) is 6.64. The fraction of sp³-hybridized carbons (Fsp3) is 0.294. The summed E-state index contributed by atoms with van der Waals surface area (Å²) in [5.74, 6) is -0.954. The topological polar surface area (TPSA) is 63.8 Å². The van der Waals surface area contributed by atoms with E-state index in [0.717, 1.165) is 10.8 Å². The van der Waals surface area contributed by atoms with Crippen molar-refractivity contribution in [3.63, 3.8) is 0 Å². The number of fused-ring (bicyclic) bond motifs is 1. The lowest BCUT2D eigenvalue weighted by Crippen LogP contribution is -2.14. The fourth-order valence-electron chi connectivity index (χ4n) is 2.65. The van der Waals surface area contributed by atoms with Crippen LogP contribution >= 0.6 is 11.3 Å². The molecule has 0 amide bonds. The van der Waals surface area contributed by atoms with Crippen molar-refractivity contribution < 1.29 is 27.8 Å². The molecule has 9 heteroatoms. The quantitative estimate of drug-likeness (QED) is 0.681. The summed E-state index contributed by atoms with van der Waals surface area (Å²) in [6, 6.07) is 6.89. The molecule has 0 aliphatic heterocycles. The highest BCUT2D eigenvalue weighted by Gasteiger charge is 2.41. The summed E-state index contributed by atoms with van der Waals surface area (Å²) >= 11 is 0.510. The molecule has 0 saturated heterocycles. The lowest BCUT2D eigenvalue weighted by molar-refractivity contribution is -0.142. The maximum absolute atomic E-state index is 13.4. The van der Waals surface area contributed by atoms with E-state index in [1.165, 1.54) is 6.92 Å². The van der Waals surface area contributed by atoms with E-state index < -0.39 is 22.7 Å². The minimum Gasteiger partial charge on any atom is -0.494 e. The predicted molar refractivity (Wildman–Crippen MR) is 91.0 cm³/mol. The molecule has 0 unspecified atom stereocenters. The predicted octanol–water partition coefficient (Wildman–Crippen LogP) is 4.88. The van der Waals surface area contributed by atoms with Crippen molar-refractivity contribution in [3.05, 3.63) is 40.5 Å². The number of thiazole rings is 1. The third kappa shape index (κ3) is 3.14. The number of aromatic nitrogens is 2. The van der Waals surface area contributed by atoms with E-state index >= 15 is 0 Å². The Morgan fingerprint density at radius 2 is 1.96 bits per heavy atom. The second-order valence-electron chi connectivity index (χ2n) is 5.62. The zero-order valence-corrected chi connectivity index (χ0v) is 14.7. The van der Waals surface area contributed by atoms with E-state index in [9.17, 15) is 18.0 Å². The van der Waals surface area contributed by atoms with Gasteiger partial charge >= 0.3 is 12.1 Å². The molecule has 2 heterocycles. The number of hydrogen-bond acceptors (Lipinski definition) is 4. The summed E-state index contributed by atoms with van der Waals surface area (Å²) in [5, 5.41) is 9.08. The van der Waals surface area contributed by atoms with Crippen LogP contribution in [-0.2, 0) is 6.18 Å². The average Bonchev–Trinajstić information content (AvgIpc) is 3.10. The molecule has 0 aliphatic rings. The summed E-state index contributed by atoms with van der Waals surface area (Å²) in [7, 11) is 0. The number of rotatable bonds is 5. The summed E-state index contributed by atoms with van der Waals surface area (Å²) < 4.78 is 46.6. The Balaban J connectivity index is 2.10. The van der Waals surface area contributed by atoms with E-state index in [0.29, 0.717) is 35.0 Å². The van der Waals surface area contributed by atoms with Crippen LogP contribution in [0.1, 0.15) is 34.4 Å². The first-order chi connectivity index (χ1) is 12.2. The van der Waals surface area contributed by atoms with Crippen LogP contribution in [0.3, 0.4) is 0 Å². The van der Waals surface area contributed by atoms with Crippen molar-refractivity contribution in [1.82, 2.24) is 9.38 Å². The van der Waals surface area contributed by atoms with Crippen LogP contribution in [0.4, 0.5) is 13.2 Å². The number of alkyl halides is 3. The summed E-state index contributed by atoms with van der Waals surface area (Å²) in [6.45, 7) is 4.05. The number of carboxylic acids is 1. The van der Waals surface area contributed by atoms with E-state index in [2.05, 4.69) is 4.98 Å². The van der Waals surface area contributed by atoms with Gasteiger partial charge in [-0.15, -0.1) is 0 Å². The number of imidazole rings is 1. The van der Waals surface area contributed by atoms with Gasteiger partial charge in [0.2, 0.25) is 0 Å². The Labute approximate surface area is 150 Å². The first kappa shape index (κ1) is 18.2. The van der Waals surface area contributed by atoms with Gasteiger partial charge in [-0.1, -0.05) is 18.3 Å². The second-order valence-corrected chi connectivity index (χ2v) is 6.60. The zero-order valence-electron chi connectivity index (χ0n) is 13.9. The lowest BCUT2D eigenvalue weighted by atomic mass is 10.1. The molecule has 0 saturated carbocycles. The van der Waals surface area contributed by atoms with Gasteiger partial charge in [0.25, 0.3) is 0 Å². The first-order valence-electron chi connectivity index (χ1n) is 7.79. The van der Waals surface area contributed by atoms with Crippen molar-refractivity contribution in [3.8, 4) is 17.0 Å². The monoisotopic (exact) mass is 384 g/mol. The molecular weight excluding hydrogens is 369 g/mol. The Kier molecular flexibility index (Phi) is 4.66. The highest BCUT2D eigenvalue weighted by atomic mass is 32.1. The molecule has 0 bridgehead atoms. The number of nitrogens with zero attached hydrogens (tertiary/aromatic N) is 2. The molecule has 1 aromatic carbocycles. The molecule has 0 fully saturated rings. The van der Waals surface area contributed by atoms with Gasteiger partial charge in [0.05, 0.1) is 12.3 Å². The molecule has 0 aliphatic carbocycles. The number of carboxylic acid groups (broad SMARTS) is 1. The van der Waals surface area contributed by atoms with Crippen LogP contribution in [-0.4, -0.2) is 27.1 Å². The Morgan fingerprint density at radius 3 is 2.50 bits per heavy atom. The SMILES string of the molecule is CCCOc1ccc(-c2nc3sc(C(=O)O)c(C(F)(F)F)n3c2C)cc1. The highest BCUT2D eigenvalue weighted by Crippen LogP contribution is 2.39. The third-order valence-electron chi connectivity index (χ3n) is 3.77. The van der Waals surface area contributed by atoms with Crippen molar-refractivity contribution >= 4 is 22.3 Å². The van der Waals surface area contributed by atoms with Gasteiger partial charge in [-0.25, -0.2) is 9.78 Å². The lowest BCUT2D eigenvalue weighted by Gasteiger charge is -2.08. The van der Waals surface area contributed by atoms with Gasteiger partial charge in [-0.2, -0.15) is 13.2 Å². The number of aromatic carboxylic acids is 1. The van der Waals surface area contributed by atoms with E-state index in [-0.39, 0.29) is 10.7 Å². The van der Waals surface area contributed by atoms with Gasteiger partial charge in [0.1, 0.15) is 10.6 Å². The standard InChI is InChI=1S/C17H15F3N2O3S/c1-3-8-25-11-6-4-10(5-7-11)12-9(2)22-14(17(18,19)20)13(15(23)24)26-16(22)21-12/h4-7H,3,8H2,1-2H3,(H,23,24). The van der Waals surface area contributed by atoms with Gasteiger partial charge in [-0.3, -0.25) is 4.40 Å². The fourth-order valence-corrected chi connectivity index (χ4v) is 3.68. The number of aryl methyl sites for hydroxylation is 1. The largest absolute Gasteiger partial charge is 0.494 e. The van der Waals surface area contributed by atoms with Crippen molar-refractivity contribution in [2.24, 2.45) is 0 Å². The van der Waals surface area contributed by atoms with E-state index in [1.54, 1.807) is 24.3 Å². The highest BCUT2D eigenvalue weighted by molar-refractivity contribution is 7.19. The zero-order chi connectivity index (χ0) is 19.1.